The summed E-state index contributed by atoms with van der Waals surface area (Å²) in [6.45, 7) is 4.97. The molecule has 0 aliphatic carbocycles. The molecule has 146 valence electrons. The van der Waals surface area contributed by atoms with E-state index in [1.54, 1.807) is 13.0 Å². The van der Waals surface area contributed by atoms with E-state index in [1.165, 1.54) is 18.2 Å². The van der Waals surface area contributed by atoms with Crippen molar-refractivity contribution in [3.63, 3.8) is 0 Å². The van der Waals surface area contributed by atoms with E-state index in [0.717, 1.165) is 12.6 Å². The zero-order chi connectivity index (χ0) is 19.9. The molecule has 1 heterocycles. The zero-order valence-electron chi connectivity index (χ0n) is 14.9. The van der Waals surface area contributed by atoms with E-state index >= 15 is 0 Å². The van der Waals surface area contributed by atoms with Crippen LogP contribution in [0.4, 0.5) is 35.3 Å². The van der Waals surface area contributed by atoms with Gasteiger partial charge >= 0.3 is 12.2 Å². The van der Waals surface area contributed by atoms with Crippen molar-refractivity contribution >= 4 is 23.4 Å². The SMILES string of the molecule is CCNc1cc(NCCNC(=O)Nc2ccccc2C(F)(F)F)nc(C)n1. The molecule has 0 fully saturated rings. The normalized spacial score (nSPS) is 11.0. The van der Waals surface area contributed by atoms with Gasteiger partial charge in [-0.15, -0.1) is 0 Å². The summed E-state index contributed by atoms with van der Waals surface area (Å²) in [5.41, 5.74) is -1.19. The number of nitrogens with zero attached hydrogens (tertiary/aromatic N) is 2. The maximum absolute atomic E-state index is 12.9. The van der Waals surface area contributed by atoms with Crippen molar-refractivity contribution in [3.8, 4) is 0 Å². The fourth-order valence-electron chi connectivity index (χ4n) is 2.30. The van der Waals surface area contributed by atoms with Gasteiger partial charge in [0.1, 0.15) is 17.5 Å². The van der Waals surface area contributed by atoms with Gasteiger partial charge in [0.2, 0.25) is 0 Å². The molecule has 0 unspecified atom stereocenters. The van der Waals surface area contributed by atoms with Crippen molar-refractivity contribution in [1.29, 1.82) is 0 Å². The van der Waals surface area contributed by atoms with Gasteiger partial charge in [-0.2, -0.15) is 13.2 Å². The summed E-state index contributed by atoms with van der Waals surface area (Å²) in [7, 11) is 0. The second-order valence-electron chi connectivity index (χ2n) is 5.57. The topological polar surface area (TPSA) is 91.0 Å². The Kier molecular flexibility index (Phi) is 6.80. The van der Waals surface area contributed by atoms with E-state index in [9.17, 15) is 18.0 Å². The van der Waals surface area contributed by atoms with Crippen LogP contribution in [-0.4, -0.2) is 35.6 Å². The number of rotatable bonds is 7. The lowest BCUT2D eigenvalue weighted by Crippen LogP contribution is -2.33. The van der Waals surface area contributed by atoms with Gasteiger partial charge in [0, 0.05) is 25.7 Å². The van der Waals surface area contributed by atoms with Gasteiger partial charge in [-0.1, -0.05) is 12.1 Å². The molecule has 10 heteroatoms. The van der Waals surface area contributed by atoms with Gasteiger partial charge in [0.25, 0.3) is 0 Å². The lowest BCUT2D eigenvalue weighted by molar-refractivity contribution is -0.136. The Balaban J connectivity index is 1.84. The number of urea groups is 1. The van der Waals surface area contributed by atoms with Crippen molar-refractivity contribution in [2.75, 3.05) is 35.6 Å². The molecule has 0 aliphatic rings. The Morgan fingerprint density at radius 3 is 2.41 bits per heavy atom. The zero-order valence-corrected chi connectivity index (χ0v) is 14.9. The number of hydrogen-bond acceptors (Lipinski definition) is 5. The number of amides is 2. The second-order valence-corrected chi connectivity index (χ2v) is 5.57. The van der Waals surface area contributed by atoms with Gasteiger partial charge in [-0.3, -0.25) is 0 Å². The van der Waals surface area contributed by atoms with Crippen LogP contribution in [0.25, 0.3) is 0 Å². The summed E-state index contributed by atoms with van der Waals surface area (Å²) >= 11 is 0. The fourth-order valence-corrected chi connectivity index (χ4v) is 2.30. The summed E-state index contributed by atoms with van der Waals surface area (Å²) in [5.74, 6) is 1.86. The molecule has 7 nitrogen and oxygen atoms in total. The van der Waals surface area contributed by atoms with Gasteiger partial charge in [0.05, 0.1) is 11.3 Å². The van der Waals surface area contributed by atoms with Gasteiger partial charge in [-0.25, -0.2) is 14.8 Å². The van der Waals surface area contributed by atoms with Crippen LogP contribution in [0.5, 0.6) is 0 Å². The number of hydrogen-bond donors (Lipinski definition) is 4. The molecule has 2 rings (SSSR count). The lowest BCUT2D eigenvalue weighted by Gasteiger charge is -2.14. The van der Waals surface area contributed by atoms with Crippen molar-refractivity contribution in [2.45, 2.75) is 20.0 Å². The van der Waals surface area contributed by atoms with Crippen LogP contribution in [0.2, 0.25) is 0 Å². The van der Waals surface area contributed by atoms with E-state index in [2.05, 4.69) is 31.2 Å². The number of anilines is 3. The number of halogens is 3. The predicted molar refractivity (Wildman–Crippen MR) is 97.9 cm³/mol. The Bertz CT molecular complexity index is 782. The molecule has 2 amide bonds. The van der Waals surface area contributed by atoms with Crippen LogP contribution in [0.15, 0.2) is 30.3 Å². The Morgan fingerprint density at radius 2 is 1.74 bits per heavy atom. The Hall–Kier alpha value is -3.04. The summed E-state index contributed by atoms with van der Waals surface area (Å²) < 4.78 is 38.7. The predicted octanol–water partition coefficient (Wildman–Crippen LogP) is 3.47. The first-order chi connectivity index (χ1) is 12.8. The molecule has 0 saturated carbocycles. The number of carbonyl (C=O) groups excluding carboxylic acids is 1. The van der Waals surface area contributed by atoms with Crippen LogP contribution in [0.1, 0.15) is 18.3 Å². The highest BCUT2D eigenvalue weighted by atomic mass is 19.4. The van der Waals surface area contributed by atoms with E-state index < -0.39 is 17.8 Å². The molecule has 1 aromatic heterocycles. The number of para-hydroxylation sites is 1. The molecule has 0 spiro atoms. The van der Waals surface area contributed by atoms with E-state index in [-0.39, 0.29) is 12.2 Å². The Morgan fingerprint density at radius 1 is 1.07 bits per heavy atom. The third-order valence-corrected chi connectivity index (χ3v) is 3.39. The van der Waals surface area contributed by atoms with E-state index in [1.807, 2.05) is 6.92 Å². The molecule has 0 radical (unpaired) electrons. The first-order valence-electron chi connectivity index (χ1n) is 8.34. The van der Waals surface area contributed by atoms with Crippen LogP contribution in [0, 0.1) is 6.92 Å². The average molecular weight is 382 g/mol. The van der Waals surface area contributed by atoms with Crippen molar-refractivity contribution in [3.05, 3.63) is 41.7 Å². The van der Waals surface area contributed by atoms with Crippen molar-refractivity contribution in [1.82, 2.24) is 15.3 Å². The monoisotopic (exact) mass is 382 g/mol. The van der Waals surface area contributed by atoms with Gasteiger partial charge in [0.15, 0.2) is 0 Å². The minimum Gasteiger partial charge on any atom is -0.370 e. The largest absolute Gasteiger partial charge is 0.418 e. The summed E-state index contributed by atoms with van der Waals surface area (Å²) in [6.07, 6.45) is -4.54. The number of aromatic nitrogens is 2. The quantitative estimate of drug-likeness (QED) is 0.551. The summed E-state index contributed by atoms with van der Waals surface area (Å²) in [4.78, 5) is 20.3. The maximum atomic E-state index is 12.9. The standard InChI is InChI=1S/C17H21F3N6O/c1-3-21-14-10-15(25-11(2)24-14)22-8-9-23-16(27)26-13-7-5-4-6-12(13)17(18,19)20/h4-7,10H,3,8-9H2,1-2H3,(H2,23,26,27)(H2,21,22,24,25). The third kappa shape index (κ3) is 6.32. The highest BCUT2D eigenvalue weighted by Crippen LogP contribution is 2.34. The fraction of sp³-hybridized carbons (Fsp3) is 0.353. The molecule has 0 aliphatic heterocycles. The summed E-state index contributed by atoms with van der Waals surface area (Å²) in [6, 6.07) is 5.81. The van der Waals surface area contributed by atoms with Crippen molar-refractivity contribution in [2.24, 2.45) is 0 Å². The summed E-state index contributed by atoms with van der Waals surface area (Å²) in [5, 5.41) is 10.8. The molecule has 4 N–H and O–H groups in total. The lowest BCUT2D eigenvalue weighted by atomic mass is 10.1. The molecular weight excluding hydrogens is 361 g/mol. The molecule has 1 aromatic carbocycles. The number of nitrogens with one attached hydrogen (secondary N) is 4. The van der Waals surface area contributed by atoms with Crippen LogP contribution < -0.4 is 21.3 Å². The smallest absolute Gasteiger partial charge is 0.370 e. The molecule has 27 heavy (non-hydrogen) atoms. The molecule has 0 bridgehead atoms. The van der Waals surface area contributed by atoms with Crippen molar-refractivity contribution < 1.29 is 18.0 Å². The number of carbonyl (C=O) groups is 1. The van der Waals surface area contributed by atoms with Crippen LogP contribution in [-0.2, 0) is 6.18 Å². The first-order valence-corrected chi connectivity index (χ1v) is 8.34. The minimum absolute atomic E-state index is 0.194. The van der Waals surface area contributed by atoms with Crippen LogP contribution >= 0.6 is 0 Å². The third-order valence-electron chi connectivity index (χ3n) is 3.39. The van der Waals surface area contributed by atoms with Crippen LogP contribution in [0.3, 0.4) is 0 Å². The molecule has 2 aromatic rings. The highest BCUT2D eigenvalue weighted by Gasteiger charge is 2.33. The maximum Gasteiger partial charge on any atom is 0.418 e. The Labute approximate surface area is 154 Å². The second kappa shape index (κ2) is 9.06. The minimum atomic E-state index is -4.54. The molecule has 0 atom stereocenters. The number of benzene rings is 1. The van der Waals surface area contributed by atoms with Gasteiger partial charge < -0.3 is 21.3 Å². The molecule has 0 saturated heterocycles. The van der Waals surface area contributed by atoms with E-state index in [0.29, 0.717) is 24.0 Å². The van der Waals surface area contributed by atoms with E-state index in [4.69, 9.17) is 0 Å². The average Bonchev–Trinajstić information content (AvgIpc) is 2.58. The molecular formula is C17H21F3N6O. The number of alkyl halides is 3. The number of aryl methyl sites for hydroxylation is 1. The highest BCUT2D eigenvalue weighted by molar-refractivity contribution is 5.90. The first kappa shape index (κ1) is 20.3. The van der Waals surface area contributed by atoms with Gasteiger partial charge in [-0.05, 0) is 26.0 Å².